The van der Waals surface area contributed by atoms with Crippen molar-refractivity contribution in [1.82, 2.24) is 19.7 Å². The summed E-state index contributed by atoms with van der Waals surface area (Å²) in [5.41, 5.74) is 9.17. The number of primary amides is 1. The number of halogens is 1. The first kappa shape index (κ1) is 22.1. The fraction of sp³-hybridized carbons (Fsp3) is 0.417. The van der Waals surface area contributed by atoms with Crippen molar-refractivity contribution in [3.63, 3.8) is 0 Å². The van der Waals surface area contributed by atoms with Crippen LogP contribution in [-0.2, 0) is 13.0 Å². The molecule has 3 heterocycles. The number of carbonyl (C=O) groups excluding carboxylic acids is 2. The normalized spacial score (nSPS) is 21.3. The highest BCUT2D eigenvalue weighted by molar-refractivity contribution is 7.15. The van der Waals surface area contributed by atoms with Gasteiger partial charge in [0, 0.05) is 29.2 Å². The highest BCUT2D eigenvalue weighted by Crippen LogP contribution is 2.50. The van der Waals surface area contributed by atoms with E-state index in [0.717, 1.165) is 39.5 Å². The van der Waals surface area contributed by atoms with Crippen LogP contribution in [0.5, 0.6) is 0 Å². The first-order valence-electron chi connectivity index (χ1n) is 11.2. The van der Waals surface area contributed by atoms with Gasteiger partial charge in [0.1, 0.15) is 11.4 Å². The second kappa shape index (κ2) is 8.25. The van der Waals surface area contributed by atoms with Crippen LogP contribution in [-0.4, -0.2) is 43.6 Å². The standard InChI is InChI=1S/C24H26ClN5O2S/c1-4-29-21(23(26)31)18(12(2)28-29)11-17-9-15-10-19(15)30(17)24(32)20-22(33-13(3)27-20)14-6-5-7-16(25)8-14/h5-8,15,17,19H,4,9-11H2,1-3H3,(H2,26,31)/t15-,17+,19+/m1/s1. The molecule has 2 N–H and O–H groups in total. The number of hydrogen-bond acceptors (Lipinski definition) is 5. The zero-order valence-electron chi connectivity index (χ0n) is 18.8. The number of piperidine rings is 1. The number of fused-ring (bicyclic) bond motifs is 1. The lowest BCUT2D eigenvalue weighted by atomic mass is 9.99. The molecule has 0 radical (unpaired) electrons. The van der Waals surface area contributed by atoms with E-state index in [2.05, 4.69) is 10.1 Å². The summed E-state index contributed by atoms with van der Waals surface area (Å²) in [6.07, 6.45) is 2.51. The summed E-state index contributed by atoms with van der Waals surface area (Å²) in [5, 5.41) is 5.97. The first-order chi connectivity index (χ1) is 15.8. The van der Waals surface area contributed by atoms with E-state index in [4.69, 9.17) is 17.3 Å². The van der Waals surface area contributed by atoms with E-state index >= 15 is 0 Å². The van der Waals surface area contributed by atoms with Crippen LogP contribution in [0.25, 0.3) is 10.4 Å². The Hall–Kier alpha value is -2.71. The number of thiazole rings is 1. The highest BCUT2D eigenvalue weighted by atomic mass is 35.5. The molecule has 0 spiro atoms. The number of benzene rings is 1. The van der Waals surface area contributed by atoms with E-state index in [9.17, 15) is 9.59 Å². The molecule has 9 heteroatoms. The third-order valence-electron chi connectivity index (χ3n) is 6.69. The number of likely N-dealkylation sites (tertiary alicyclic amines) is 1. The summed E-state index contributed by atoms with van der Waals surface area (Å²) in [5.74, 6) is -0.0239. The molecule has 172 valence electrons. The molecule has 3 atom stereocenters. The maximum atomic E-state index is 13.9. The molecule has 1 saturated heterocycles. The fourth-order valence-electron chi connectivity index (χ4n) is 5.18. The van der Waals surface area contributed by atoms with Crippen LogP contribution in [0.2, 0.25) is 5.02 Å². The predicted octanol–water partition coefficient (Wildman–Crippen LogP) is 4.24. The van der Waals surface area contributed by atoms with Crippen molar-refractivity contribution in [1.29, 1.82) is 0 Å². The number of carbonyl (C=O) groups is 2. The summed E-state index contributed by atoms with van der Waals surface area (Å²) in [6, 6.07) is 7.75. The van der Waals surface area contributed by atoms with Crippen LogP contribution in [0.3, 0.4) is 0 Å². The molecule has 1 aliphatic heterocycles. The van der Waals surface area contributed by atoms with Crippen molar-refractivity contribution >= 4 is 34.8 Å². The number of rotatable bonds is 6. The minimum Gasteiger partial charge on any atom is -0.364 e. The lowest BCUT2D eigenvalue weighted by molar-refractivity contribution is 0.0695. The van der Waals surface area contributed by atoms with Gasteiger partial charge in [0.2, 0.25) is 0 Å². The summed E-state index contributed by atoms with van der Waals surface area (Å²) in [6.45, 7) is 6.32. The third-order valence-corrected chi connectivity index (χ3v) is 7.95. The van der Waals surface area contributed by atoms with Crippen LogP contribution in [0.4, 0.5) is 0 Å². The molecule has 2 fully saturated rings. The van der Waals surface area contributed by atoms with Gasteiger partial charge in [-0.2, -0.15) is 5.10 Å². The molecule has 0 bridgehead atoms. The second-order valence-corrected chi connectivity index (χ2v) is 10.5. The molecule has 2 aliphatic rings. The van der Waals surface area contributed by atoms with Gasteiger partial charge in [0.05, 0.1) is 15.6 Å². The van der Waals surface area contributed by atoms with Crippen LogP contribution >= 0.6 is 22.9 Å². The Bertz CT molecular complexity index is 1270. The second-order valence-electron chi connectivity index (χ2n) is 8.88. The van der Waals surface area contributed by atoms with E-state index in [-0.39, 0.29) is 18.0 Å². The Morgan fingerprint density at radius 1 is 1.27 bits per heavy atom. The van der Waals surface area contributed by atoms with Gasteiger partial charge in [-0.25, -0.2) is 4.98 Å². The zero-order chi connectivity index (χ0) is 23.4. The van der Waals surface area contributed by atoms with Gasteiger partial charge < -0.3 is 10.6 Å². The Kier molecular flexibility index (Phi) is 5.53. The number of aryl methyl sites for hydroxylation is 3. The van der Waals surface area contributed by atoms with E-state index in [1.54, 1.807) is 4.68 Å². The lowest BCUT2D eigenvalue weighted by Crippen LogP contribution is -2.40. The number of nitrogens with two attached hydrogens (primary N) is 1. The van der Waals surface area contributed by atoms with E-state index < -0.39 is 5.91 Å². The minimum atomic E-state index is -0.480. The maximum absolute atomic E-state index is 13.9. The average Bonchev–Trinajstić information content (AvgIpc) is 3.11. The number of amides is 2. The number of nitrogens with zero attached hydrogens (tertiary/aromatic N) is 4. The quantitative estimate of drug-likeness (QED) is 0.567. The Morgan fingerprint density at radius 2 is 2.06 bits per heavy atom. The van der Waals surface area contributed by atoms with Crippen molar-refractivity contribution in [3.05, 3.63) is 56.9 Å². The van der Waals surface area contributed by atoms with Gasteiger partial charge in [0.25, 0.3) is 11.8 Å². The monoisotopic (exact) mass is 483 g/mol. The van der Waals surface area contributed by atoms with Crippen molar-refractivity contribution in [2.45, 2.75) is 58.7 Å². The van der Waals surface area contributed by atoms with Gasteiger partial charge in [-0.05, 0) is 63.6 Å². The van der Waals surface area contributed by atoms with E-state index in [1.807, 2.05) is 49.9 Å². The molecule has 1 aliphatic carbocycles. The molecule has 0 unspecified atom stereocenters. The smallest absolute Gasteiger partial charge is 0.274 e. The van der Waals surface area contributed by atoms with Crippen molar-refractivity contribution in [3.8, 4) is 10.4 Å². The number of hydrogen-bond donors (Lipinski definition) is 1. The topological polar surface area (TPSA) is 94.1 Å². The summed E-state index contributed by atoms with van der Waals surface area (Å²) < 4.78 is 1.66. The molecule has 2 aromatic heterocycles. The molecule has 3 aromatic rings. The Morgan fingerprint density at radius 3 is 2.76 bits per heavy atom. The lowest BCUT2D eigenvalue weighted by Gasteiger charge is -2.27. The van der Waals surface area contributed by atoms with Gasteiger partial charge in [0.15, 0.2) is 0 Å². The van der Waals surface area contributed by atoms with Gasteiger partial charge in [-0.3, -0.25) is 14.3 Å². The van der Waals surface area contributed by atoms with E-state index in [0.29, 0.717) is 35.3 Å². The summed E-state index contributed by atoms with van der Waals surface area (Å²) >= 11 is 7.72. The van der Waals surface area contributed by atoms with Crippen LogP contribution < -0.4 is 5.73 Å². The molecule has 33 heavy (non-hydrogen) atoms. The van der Waals surface area contributed by atoms with Gasteiger partial charge >= 0.3 is 0 Å². The summed E-state index contributed by atoms with van der Waals surface area (Å²) in [7, 11) is 0. The van der Waals surface area contributed by atoms with Crippen molar-refractivity contribution in [2.75, 3.05) is 0 Å². The van der Waals surface area contributed by atoms with E-state index in [1.165, 1.54) is 11.3 Å². The maximum Gasteiger partial charge on any atom is 0.274 e. The van der Waals surface area contributed by atoms with Crippen LogP contribution in [0.15, 0.2) is 24.3 Å². The van der Waals surface area contributed by atoms with Gasteiger partial charge in [-0.15, -0.1) is 11.3 Å². The first-order valence-corrected chi connectivity index (χ1v) is 12.4. The SMILES string of the molecule is CCn1nc(C)c(C[C@@H]2C[C@@H]3C[C@@H]3N2C(=O)c2nc(C)sc2-c2cccc(Cl)c2)c1C(N)=O. The fourth-order valence-corrected chi connectivity index (χ4v) is 6.28. The highest BCUT2D eigenvalue weighted by Gasteiger charge is 2.54. The van der Waals surface area contributed by atoms with Crippen molar-refractivity contribution < 1.29 is 9.59 Å². The molecule has 1 saturated carbocycles. The Balaban J connectivity index is 1.49. The van der Waals surface area contributed by atoms with Crippen molar-refractivity contribution in [2.24, 2.45) is 11.7 Å². The molecular weight excluding hydrogens is 458 g/mol. The minimum absolute atomic E-state index is 0.0122. The largest absolute Gasteiger partial charge is 0.364 e. The zero-order valence-corrected chi connectivity index (χ0v) is 20.4. The molecule has 2 amide bonds. The predicted molar refractivity (Wildman–Crippen MR) is 129 cm³/mol. The molecular formula is C24H26ClN5O2S. The molecule has 7 nitrogen and oxygen atoms in total. The molecule has 1 aromatic carbocycles. The average molecular weight is 484 g/mol. The van der Waals surface area contributed by atoms with Gasteiger partial charge in [-0.1, -0.05) is 23.7 Å². The van der Waals surface area contributed by atoms with Crippen LogP contribution in [0, 0.1) is 19.8 Å². The summed E-state index contributed by atoms with van der Waals surface area (Å²) in [4.78, 5) is 33.5. The number of aromatic nitrogens is 3. The molecule has 5 rings (SSSR count). The third kappa shape index (κ3) is 3.85. The Labute approximate surface area is 201 Å². The van der Waals surface area contributed by atoms with Crippen LogP contribution in [0.1, 0.15) is 57.0 Å².